The molecule has 0 aliphatic heterocycles. The minimum Gasteiger partial charge on any atom is -1.00 e. The SMILES string of the molecule is SCCCCCC[n+]1ccccc1.[Br-]. The maximum atomic E-state index is 4.19. The third-order valence-electron chi connectivity index (χ3n) is 2.10. The van der Waals surface area contributed by atoms with E-state index >= 15 is 0 Å². The van der Waals surface area contributed by atoms with Gasteiger partial charge >= 0.3 is 0 Å². The van der Waals surface area contributed by atoms with Crippen molar-refractivity contribution in [2.45, 2.75) is 32.2 Å². The fraction of sp³-hybridized carbons (Fsp3) is 0.545. The highest BCUT2D eigenvalue weighted by molar-refractivity contribution is 7.80. The van der Waals surface area contributed by atoms with Crippen molar-refractivity contribution in [3.8, 4) is 0 Å². The Labute approximate surface area is 103 Å². The molecule has 1 rings (SSSR count). The summed E-state index contributed by atoms with van der Waals surface area (Å²) in [7, 11) is 0. The summed E-state index contributed by atoms with van der Waals surface area (Å²) >= 11 is 4.19. The number of hydrogen-bond acceptors (Lipinski definition) is 1. The fourth-order valence-corrected chi connectivity index (χ4v) is 1.57. The molecule has 0 N–H and O–H groups in total. The predicted molar refractivity (Wildman–Crippen MR) is 59.0 cm³/mol. The van der Waals surface area contributed by atoms with E-state index in [2.05, 4.69) is 47.8 Å². The number of pyridine rings is 1. The molecule has 0 amide bonds. The third-order valence-corrected chi connectivity index (χ3v) is 2.42. The molecule has 1 aromatic heterocycles. The van der Waals surface area contributed by atoms with Crippen molar-refractivity contribution in [2.24, 2.45) is 0 Å². The van der Waals surface area contributed by atoms with Gasteiger partial charge in [-0.1, -0.05) is 12.5 Å². The topological polar surface area (TPSA) is 3.88 Å². The largest absolute Gasteiger partial charge is 1.00 e. The summed E-state index contributed by atoms with van der Waals surface area (Å²) in [5, 5.41) is 0. The van der Waals surface area contributed by atoms with Crippen LogP contribution in [0.25, 0.3) is 0 Å². The lowest BCUT2D eigenvalue weighted by atomic mass is 10.2. The van der Waals surface area contributed by atoms with Crippen molar-refractivity contribution in [1.29, 1.82) is 0 Å². The first kappa shape index (κ1) is 14.0. The summed E-state index contributed by atoms with van der Waals surface area (Å²) in [6.07, 6.45) is 9.42. The molecule has 1 aromatic rings. The van der Waals surface area contributed by atoms with E-state index < -0.39 is 0 Å². The Morgan fingerprint density at radius 1 is 0.857 bits per heavy atom. The van der Waals surface area contributed by atoms with Gasteiger partial charge in [-0.05, 0) is 18.6 Å². The molecule has 0 aliphatic carbocycles. The molecule has 0 atom stereocenters. The van der Waals surface area contributed by atoms with Crippen molar-refractivity contribution in [2.75, 3.05) is 5.75 Å². The van der Waals surface area contributed by atoms with Crippen molar-refractivity contribution >= 4 is 12.6 Å². The first-order valence-electron chi connectivity index (χ1n) is 4.98. The molecule has 1 nitrogen and oxygen atoms in total. The van der Waals surface area contributed by atoms with Gasteiger partial charge in [-0.2, -0.15) is 12.6 Å². The smallest absolute Gasteiger partial charge is 0.168 e. The molecule has 0 fully saturated rings. The molecule has 0 aromatic carbocycles. The van der Waals surface area contributed by atoms with Crippen molar-refractivity contribution in [3.63, 3.8) is 0 Å². The predicted octanol–water partition coefficient (Wildman–Crippen LogP) is -0.532. The number of rotatable bonds is 6. The summed E-state index contributed by atoms with van der Waals surface area (Å²) in [6.45, 7) is 1.15. The van der Waals surface area contributed by atoms with Crippen LogP contribution in [-0.4, -0.2) is 5.75 Å². The van der Waals surface area contributed by atoms with E-state index in [1.54, 1.807) is 0 Å². The molecule has 0 bridgehead atoms. The number of thiol groups is 1. The molecule has 14 heavy (non-hydrogen) atoms. The minimum atomic E-state index is 0. The summed E-state index contributed by atoms with van der Waals surface area (Å²) < 4.78 is 2.24. The summed E-state index contributed by atoms with van der Waals surface area (Å²) in [6, 6.07) is 6.21. The van der Waals surface area contributed by atoms with E-state index in [-0.39, 0.29) is 17.0 Å². The van der Waals surface area contributed by atoms with Crippen LogP contribution in [0.15, 0.2) is 30.6 Å². The Hall–Kier alpha value is -0.0200. The first-order chi connectivity index (χ1) is 6.43. The van der Waals surface area contributed by atoms with Crippen molar-refractivity contribution in [3.05, 3.63) is 30.6 Å². The maximum absolute atomic E-state index is 4.19. The van der Waals surface area contributed by atoms with Gasteiger partial charge in [-0.25, -0.2) is 4.57 Å². The zero-order valence-electron chi connectivity index (χ0n) is 8.40. The summed E-state index contributed by atoms with van der Waals surface area (Å²) in [5.74, 6) is 1.03. The second-order valence-corrected chi connectivity index (χ2v) is 3.70. The van der Waals surface area contributed by atoms with Gasteiger partial charge in [0.05, 0.1) is 0 Å². The van der Waals surface area contributed by atoms with E-state index in [4.69, 9.17) is 0 Å². The van der Waals surface area contributed by atoms with Crippen molar-refractivity contribution < 1.29 is 21.5 Å². The number of nitrogens with zero attached hydrogens (tertiary/aromatic N) is 1. The van der Waals surface area contributed by atoms with Gasteiger partial charge in [0, 0.05) is 18.6 Å². The van der Waals surface area contributed by atoms with Gasteiger partial charge in [0.15, 0.2) is 12.4 Å². The van der Waals surface area contributed by atoms with E-state index in [1.807, 2.05) is 0 Å². The zero-order chi connectivity index (χ0) is 9.36. The van der Waals surface area contributed by atoms with Gasteiger partial charge in [0.25, 0.3) is 0 Å². The average Bonchev–Trinajstić information content (AvgIpc) is 2.19. The van der Waals surface area contributed by atoms with Crippen LogP contribution in [0.1, 0.15) is 25.7 Å². The average molecular weight is 276 g/mol. The van der Waals surface area contributed by atoms with Crippen LogP contribution in [0, 0.1) is 0 Å². The second-order valence-electron chi connectivity index (χ2n) is 3.25. The molecule has 0 unspecified atom stereocenters. The van der Waals surface area contributed by atoms with Gasteiger partial charge in [0.2, 0.25) is 0 Å². The Kier molecular flexibility index (Phi) is 9.52. The molecule has 0 radical (unpaired) electrons. The highest BCUT2D eigenvalue weighted by atomic mass is 79.9. The monoisotopic (exact) mass is 275 g/mol. The van der Waals surface area contributed by atoms with E-state index in [0.717, 1.165) is 12.3 Å². The minimum absolute atomic E-state index is 0. The lowest BCUT2D eigenvalue weighted by molar-refractivity contribution is -0.697. The molecule has 0 saturated carbocycles. The quantitative estimate of drug-likeness (QED) is 0.404. The van der Waals surface area contributed by atoms with E-state index in [1.165, 1.54) is 25.7 Å². The van der Waals surface area contributed by atoms with Crippen LogP contribution in [0.4, 0.5) is 0 Å². The van der Waals surface area contributed by atoms with Crippen LogP contribution < -0.4 is 21.5 Å². The molecule has 1 heterocycles. The Morgan fingerprint density at radius 3 is 2.14 bits per heavy atom. The summed E-state index contributed by atoms with van der Waals surface area (Å²) in [5.41, 5.74) is 0. The lowest BCUT2D eigenvalue weighted by Gasteiger charge is -1.96. The highest BCUT2D eigenvalue weighted by Crippen LogP contribution is 2.00. The Bertz CT molecular complexity index is 216. The number of aromatic nitrogens is 1. The van der Waals surface area contributed by atoms with Gasteiger partial charge in [-0.3, -0.25) is 0 Å². The van der Waals surface area contributed by atoms with Crippen LogP contribution >= 0.6 is 12.6 Å². The number of aryl methyl sites for hydroxylation is 1. The molecule has 80 valence electrons. The summed E-state index contributed by atoms with van der Waals surface area (Å²) in [4.78, 5) is 0. The standard InChI is InChI=1S/C11H17NS.BrH/c13-11-7-2-1-4-8-12-9-5-3-6-10-12;/h3,5-6,9-10H,1-2,4,7-8,11H2;1H. The zero-order valence-corrected chi connectivity index (χ0v) is 10.9. The Morgan fingerprint density at radius 2 is 1.50 bits per heavy atom. The number of unbranched alkanes of at least 4 members (excludes halogenated alkanes) is 3. The maximum Gasteiger partial charge on any atom is 0.168 e. The third kappa shape index (κ3) is 6.44. The second kappa shape index (κ2) is 9.53. The molecule has 3 heteroatoms. The van der Waals surface area contributed by atoms with Gasteiger partial charge in [0.1, 0.15) is 6.54 Å². The first-order valence-corrected chi connectivity index (χ1v) is 5.61. The molecule has 0 spiro atoms. The van der Waals surface area contributed by atoms with Gasteiger partial charge in [-0.15, -0.1) is 0 Å². The number of halogens is 1. The van der Waals surface area contributed by atoms with Crippen molar-refractivity contribution in [1.82, 2.24) is 0 Å². The Balaban J connectivity index is 0.00000169. The molecule has 0 aliphatic rings. The van der Waals surface area contributed by atoms with Crippen LogP contribution in [-0.2, 0) is 6.54 Å². The lowest BCUT2D eigenvalue weighted by Crippen LogP contribution is -3.00. The fourth-order valence-electron chi connectivity index (χ4n) is 1.34. The van der Waals surface area contributed by atoms with Crippen LogP contribution in [0.5, 0.6) is 0 Å². The van der Waals surface area contributed by atoms with E-state index in [9.17, 15) is 0 Å². The number of hydrogen-bond donors (Lipinski definition) is 1. The molecular formula is C11H18BrNS. The van der Waals surface area contributed by atoms with Gasteiger partial charge < -0.3 is 17.0 Å². The van der Waals surface area contributed by atoms with E-state index in [0.29, 0.717) is 0 Å². The van der Waals surface area contributed by atoms with Crippen LogP contribution in [0.3, 0.4) is 0 Å². The molecular weight excluding hydrogens is 258 g/mol. The normalized spacial score (nSPS) is 9.50. The van der Waals surface area contributed by atoms with Crippen LogP contribution in [0.2, 0.25) is 0 Å². The molecule has 0 saturated heterocycles. The highest BCUT2D eigenvalue weighted by Gasteiger charge is 1.96.